The van der Waals surface area contributed by atoms with E-state index in [-0.39, 0.29) is 11.4 Å². The fourth-order valence-corrected chi connectivity index (χ4v) is 1.98. The largest absolute Gasteiger partial charge is 0.464 e. The van der Waals surface area contributed by atoms with Crippen molar-refractivity contribution in [3.05, 3.63) is 29.3 Å². The Kier molecular flexibility index (Phi) is 4.06. The number of aryl methyl sites for hydroxylation is 3. The maximum Gasteiger partial charge on any atom is 0.358 e. The SMILES string of the molecule is CCn1ccc(C(=O)Nc2c(C)nn(C)c2C(=O)OC)n1. The second-order valence-corrected chi connectivity index (χ2v) is 4.44. The number of nitrogens with zero attached hydrogens (tertiary/aromatic N) is 4. The summed E-state index contributed by atoms with van der Waals surface area (Å²) in [5, 5.41) is 10.9. The van der Waals surface area contributed by atoms with Crippen LogP contribution < -0.4 is 5.32 Å². The first-order valence-electron chi connectivity index (χ1n) is 6.44. The Morgan fingerprint density at radius 3 is 2.67 bits per heavy atom. The highest BCUT2D eigenvalue weighted by Crippen LogP contribution is 2.21. The Morgan fingerprint density at radius 1 is 1.38 bits per heavy atom. The minimum atomic E-state index is -0.563. The minimum Gasteiger partial charge on any atom is -0.464 e. The molecule has 1 amide bonds. The van der Waals surface area contributed by atoms with Gasteiger partial charge in [0.05, 0.1) is 18.5 Å². The quantitative estimate of drug-likeness (QED) is 0.848. The number of ether oxygens (including phenoxy) is 1. The van der Waals surface area contributed by atoms with E-state index in [4.69, 9.17) is 4.74 Å². The number of amides is 1. The molecule has 0 bridgehead atoms. The van der Waals surface area contributed by atoms with E-state index in [1.165, 1.54) is 11.8 Å². The van der Waals surface area contributed by atoms with Crippen molar-refractivity contribution in [2.45, 2.75) is 20.4 Å². The third-order valence-corrected chi connectivity index (χ3v) is 3.04. The van der Waals surface area contributed by atoms with Crippen LogP contribution in [0.5, 0.6) is 0 Å². The summed E-state index contributed by atoms with van der Waals surface area (Å²) in [6, 6.07) is 1.61. The van der Waals surface area contributed by atoms with Crippen LogP contribution >= 0.6 is 0 Å². The van der Waals surface area contributed by atoms with Gasteiger partial charge in [0.2, 0.25) is 0 Å². The average molecular weight is 291 g/mol. The zero-order valence-electron chi connectivity index (χ0n) is 12.4. The zero-order valence-corrected chi connectivity index (χ0v) is 12.4. The van der Waals surface area contributed by atoms with Gasteiger partial charge < -0.3 is 10.1 Å². The number of methoxy groups -OCH3 is 1. The number of hydrogen-bond acceptors (Lipinski definition) is 5. The number of carbonyl (C=O) groups excluding carboxylic acids is 2. The van der Waals surface area contributed by atoms with Crippen molar-refractivity contribution >= 4 is 17.6 Å². The van der Waals surface area contributed by atoms with Crippen molar-refractivity contribution in [3.8, 4) is 0 Å². The molecule has 0 saturated carbocycles. The standard InChI is InChI=1S/C13H17N5O3/c1-5-18-7-6-9(16-18)12(19)14-10-8(2)15-17(3)11(10)13(20)21-4/h6-7H,5H2,1-4H3,(H,14,19). The summed E-state index contributed by atoms with van der Waals surface area (Å²) < 4.78 is 7.73. The lowest BCUT2D eigenvalue weighted by atomic mass is 10.2. The van der Waals surface area contributed by atoms with Crippen LogP contribution in [0.25, 0.3) is 0 Å². The summed E-state index contributed by atoms with van der Waals surface area (Å²) in [5.74, 6) is -0.962. The van der Waals surface area contributed by atoms with Crippen LogP contribution in [0, 0.1) is 6.92 Å². The molecule has 0 fully saturated rings. The highest BCUT2D eigenvalue weighted by atomic mass is 16.5. The van der Waals surface area contributed by atoms with Gasteiger partial charge in [-0.2, -0.15) is 10.2 Å². The number of rotatable bonds is 4. The van der Waals surface area contributed by atoms with Gasteiger partial charge >= 0.3 is 5.97 Å². The molecule has 0 unspecified atom stereocenters. The van der Waals surface area contributed by atoms with E-state index < -0.39 is 11.9 Å². The van der Waals surface area contributed by atoms with E-state index in [1.54, 1.807) is 30.9 Å². The highest BCUT2D eigenvalue weighted by Gasteiger charge is 2.23. The Bertz CT molecular complexity index is 686. The van der Waals surface area contributed by atoms with Gasteiger partial charge in [-0.15, -0.1) is 0 Å². The van der Waals surface area contributed by atoms with Crippen LogP contribution in [-0.4, -0.2) is 38.5 Å². The van der Waals surface area contributed by atoms with Crippen molar-refractivity contribution in [1.29, 1.82) is 0 Å². The van der Waals surface area contributed by atoms with Crippen molar-refractivity contribution in [3.63, 3.8) is 0 Å². The van der Waals surface area contributed by atoms with Crippen molar-refractivity contribution < 1.29 is 14.3 Å². The molecule has 8 nitrogen and oxygen atoms in total. The summed E-state index contributed by atoms with van der Waals surface area (Å²) in [5.41, 5.74) is 1.33. The van der Waals surface area contributed by atoms with Gasteiger partial charge in [0.25, 0.3) is 5.91 Å². The van der Waals surface area contributed by atoms with Gasteiger partial charge in [-0.05, 0) is 19.9 Å². The number of carbonyl (C=O) groups is 2. The Hall–Kier alpha value is -2.64. The van der Waals surface area contributed by atoms with Crippen LogP contribution in [0.1, 0.15) is 33.6 Å². The molecule has 0 saturated heterocycles. The second kappa shape index (κ2) is 5.78. The smallest absolute Gasteiger partial charge is 0.358 e. The second-order valence-electron chi connectivity index (χ2n) is 4.44. The van der Waals surface area contributed by atoms with E-state index in [2.05, 4.69) is 15.5 Å². The molecule has 1 N–H and O–H groups in total. The van der Waals surface area contributed by atoms with Gasteiger partial charge in [-0.25, -0.2) is 4.79 Å². The van der Waals surface area contributed by atoms with Gasteiger partial charge in [0.1, 0.15) is 0 Å². The molecule has 2 aromatic rings. The summed E-state index contributed by atoms with van der Waals surface area (Å²) in [4.78, 5) is 24.0. The zero-order chi connectivity index (χ0) is 15.6. The number of esters is 1. The third-order valence-electron chi connectivity index (χ3n) is 3.04. The highest BCUT2D eigenvalue weighted by molar-refractivity contribution is 6.07. The Labute approximate surface area is 121 Å². The van der Waals surface area contributed by atoms with Gasteiger partial charge in [-0.3, -0.25) is 14.2 Å². The predicted molar refractivity (Wildman–Crippen MR) is 75.1 cm³/mol. The molecular weight excluding hydrogens is 274 g/mol. The maximum atomic E-state index is 12.2. The molecule has 0 atom stereocenters. The molecule has 0 aliphatic heterocycles. The van der Waals surface area contributed by atoms with Gasteiger partial charge in [0, 0.05) is 19.8 Å². The molecule has 21 heavy (non-hydrogen) atoms. The molecule has 0 spiro atoms. The van der Waals surface area contributed by atoms with E-state index in [1.807, 2.05) is 6.92 Å². The first-order valence-corrected chi connectivity index (χ1v) is 6.44. The number of hydrogen-bond donors (Lipinski definition) is 1. The number of nitrogens with one attached hydrogen (secondary N) is 1. The van der Waals surface area contributed by atoms with E-state index >= 15 is 0 Å². The van der Waals surface area contributed by atoms with Crippen molar-refractivity contribution in [1.82, 2.24) is 19.6 Å². The van der Waals surface area contributed by atoms with E-state index in [0.717, 1.165) is 0 Å². The summed E-state index contributed by atoms with van der Waals surface area (Å²) in [7, 11) is 2.89. The summed E-state index contributed by atoms with van der Waals surface area (Å²) >= 11 is 0. The topological polar surface area (TPSA) is 91.0 Å². The number of aromatic nitrogens is 4. The molecular formula is C13H17N5O3. The van der Waals surface area contributed by atoms with Crippen molar-refractivity contribution in [2.75, 3.05) is 12.4 Å². The molecule has 2 rings (SSSR count). The fourth-order valence-electron chi connectivity index (χ4n) is 1.98. The van der Waals surface area contributed by atoms with Crippen molar-refractivity contribution in [2.24, 2.45) is 7.05 Å². The third kappa shape index (κ3) is 2.78. The van der Waals surface area contributed by atoms with E-state index in [9.17, 15) is 9.59 Å². The molecule has 0 radical (unpaired) electrons. The first-order chi connectivity index (χ1) is 9.97. The van der Waals surface area contributed by atoms with E-state index in [0.29, 0.717) is 17.9 Å². The molecule has 2 heterocycles. The molecule has 8 heteroatoms. The molecule has 0 aliphatic carbocycles. The van der Waals surface area contributed by atoms with Crippen LogP contribution in [-0.2, 0) is 18.3 Å². The normalized spacial score (nSPS) is 10.5. The van der Waals surface area contributed by atoms with Crippen LogP contribution in [0.2, 0.25) is 0 Å². The molecule has 112 valence electrons. The first kappa shape index (κ1) is 14.8. The van der Waals surface area contributed by atoms with Gasteiger partial charge in [0.15, 0.2) is 11.4 Å². The molecule has 2 aromatic heterocycles. The Balaban J connectivity index is 2.30. The Morgan fingerprint density at radius 2 is 2.10 bits per heavy atom. The lowest BCUT2D eigenvalue weighted by molar-refractivity contribution is 0.0589. The fraction of sp³-hybridized carbons (Fsp3) is 0.385. The van der Waals surface area contributed by atoms with Crippen LogP contribution in [0.15, 0.2) is 12.3 Å². The summed E-state index contributed by atoms with van der Waals surface area (Å²) in [6.07, 6.45) is 1.71. The van der Waals surface area contributed by atoms with Gasteiger partial charge in [-0.1, -0.05) is 0 Å². The summed E-state index contributed by atoms with van der Waals surface area (Å²) in [6.45, 7) is 4.30. The maximum absolute atomic E-state index is 12.2. The molecule has 0 aliphatic rings. The minimum absolute atomic E-state index is 0.193. The monoisotopic (exact) mass is 291 g/mol. The molecule has 0 aromatic carbocycles. The van der Waals surface area contributed by atoms with Crippen LogP contribution in [0.4, 0.5) is 5.69 Å². The lowest BCUT2D eigenvalue weighted by Gasteiger charge is -2.05. The lowest BCUT2D eigenvalue weighted by Crippen LogP contribution is -2.17. The predicted octanol–water partition coefficient (Wildman–Crippen LogP) is 0.984. The number of anilines is 1. The average Bonchev–Trinajstić information content (AvgIpc) is 3.04. The van der Waals surface area contributed by atoms with Crippen LogP contribution in [0.3, 0.4) is 0 Å².